The summed E-state index contributed by atoms with van der Waals surface area (Å²) < 4.78 is 4.46. The molecule has 1 aliphatic carbocycles. The van der Waals surface area contributed by atoms with Gasteiger partial charge in [-0.25, -0.2) is 9.61 Å². The second-order valence-electron chi connectivity index (χ2n) is 5.06. The SMILES string of the molecule is CC1CCc2nc(NC(=O)Cc3nonc3N)sc2C1. The largest absolute Gasteiger partial charge is 0.379 e. The van der Waals surface area contributed by atoms with Gasteiger partial charge in [-0.15, -0.1) is 11.3 Å². The van der Waals surface area contributed by atoms with E-state index in [9.17, 15) is 4.79 Å². The third-order valence-electron chi connectivity index (χ3n) is 3.35. The quantitative estimate of drug-likeness (QED) is 0.886. The smallest absolute Gasteiger partial charge is 0.232 e. The Morgan fingerprint density at radius 1 is 1.55 bits per heavy atom. The zero-order valence-corrected chi connectivity index (χ0v) is 11.9. The molecule has 1 unspecified atom stereocenters. The minimum atomic E-state index is -0.216. The Hall–Kier alpha value is -1.96. The average Bonchev–Trinajstić information content (AvgIpc) is 2.95. The Bertz CT molecular complexity index is 636. The predicted molar refractivity (Wildman–Crippen MR) is 74.3 cm³/mol. The third-order valence-corrected chi connectivity index (χ3v) is 4.38. The van der Waals surface area contributed by atoms with Crippen molar-refractivity contribution in [1.29, 1.82) is 0 Å². The van der Waals surface area contributed by atoms with Crippen LogP contribution in [0.2, 0.25) is 0 Å². The normalized spacial score (nSPS) is 17.8. The average molecular weight is 293 g/mol. The fraction of sp³-hybridized carbons (Fsp3) is 0.500. The number of nitrogens with two attached hydrogens (primary N) is 1. The van der Waals surface area contributed by atoms with Crippen molar-refractivity contribution < 1.29 is 9.42 Å². The third kappa shape index (κ3) is 2.64. The molecule has 8 heteroatoms. The van der Waals surface area contributed by atoms with E-state index in [4.69, 9.17) is 5.73 Å². The molecule has 0 aromatic carbocycles. The molecule has 0 spiro atoms. The van der Waals surface area contributed by atoms with Crippen LogP contribution >= 0.6 is 11.3 Å². The van der Waals surface area contributed by atoms with Crippen LogP contribution in [-0.2, 0) is 24.1 Å². The molecule has 3 rings (SSSR count). The molecule has 0 saturated heterocycles. The summed E-state index contributed by atoms with van der Waals surface area (Å²) in [6.45, 7) is 2.24. The second-order valence-corrected chi connectivity index (χ2v) is 6.14. The summed E-state index contributed by atoms with van der Waals surface area (Å²) in [6, 6.07) is 0. The zero-order chi connectivity index (χ0) is 14.1. The minimum Gasteiger partial charge on any atom is -0.379 e. The van der Waals surface area contributed by atoms with Gasteiger partial charge in [-0.1, -0.05) is 12.1 Å². The maximum atomic E-state index is 11.9. The molecule has 3 N–H and O–H groups in total. The number of nitrogens with one attached hydrogen (secondary N) is 1. The van der Waals surface area contributed by atoms with Gasteiger partial charge < -0.3 is 11.1 Å². The molecule has 0 aliphatic heterocycles. The van der Waals surface area contributed by atoms with E-state index in [2.05, 4.69) is 32.2 Å². The fourth-order valence-electron chi connectivity index (χ4n) is 2.24. The molecular weight excluding hydrogens is 278 g/mol. The molecule has 0 saturated carbocycles. The number of amides is 1. The molecule has 20 heavy (non-hydrogen) atoms. The number of nitrogen functional groups attached to an aromatic ring is 1. The summed E-state index contributed by atoms with van der Waals surface area (Å²) in [4.78, 5) is 17.7. The maximum Gasteiger partial charge on any atom is 0.232 e. The van der Waals surface area contributed by atoms with Crippen molar-refractivity contribution in [2.75, 3.05) is 11.1 Å². The molecule has 1 amide bonds. The van der Waals surface area contributed by atoms with Crippen LogP contribution in [0.1, 0.15) is 29.6 Å². The molecule has 2 aromatic heterocycles. The summed E-state index contributed by atoms with van der Waals surface area (Å²) in [5.41, 5.74) is 6.98. The molecule has 2 heterocycles. The van der Waals surface area contributed by atoms with Crippen LogP contribution in [0.3, 0.4) is 0 Å². The Morgan fingerprint density at radius 3 is 3.15 bits per heavy atom. The van der Waals surface area contributed by atoms with Gasteiger partial charge in [-0.3, -0.25) is 4.79 Å². The lowest BCUT2D eigenvalue weighted by molar-refractivity contribution is -0.115. The van der Waals surface area contributed by atoms with E-state index in [1.165, 1.54) is 4.88 Å². The summed E-state index contributed by atoms with van der Waals surface area (Å²) in [5, 5.41) is 10.4. The van der Waals surface area contributed by atoms with Gasteiger partial charge in [-0.2, -0.15) is 0 Å². The topological polar surface area (TPSA) is 107 Å². The van der Waals surface area contributed by atoms with Gasteiger partial charge in [0, 0.05) is 4.88 Å². The van der Waals surface area contributed by atoms with Gasteiger partial charge in [0.15, 0.2) is 10.9 Å². The van der Waals surface area contributed by atoms with Crippen LogP contribution < -0.4 is 11.1 Å². The Morgan fingerprint density at radius 2 is 2.40 bits per heavy atom. The highest BCUT2D eigenvalue weighted by Crippen LogP contribution is 2.32. The number of hydrogen-bond acceptors (Lipinski definition) is 7. The number of hydrogen-bond donors (Lipinski definition) is 2. The highest BCUT2D eigenvalue weighted by molar-refractivity contribution is 7.15. The van der Waals surface area contributed by atoms with E-state index in [1.807, 2.05) is 0 Å². The number of rotatable bonds is 3. The molecule has 0 radical (unpaired) electrons. The summed E-state index contributed by atoms with van der Waals surface area (Å²) >= 11 is 1.55. The van der Waals surface area contributed by atoms with E-state index in [0.29, 0.717) is 16.7 Å². The van der Waals surface area contributed by atoms with E-state index in [-0.39, 0.29) is 18.1 Å². The monoisotopic (exact) mass is 293 g/mol. The van der Waals surface area contributed by atoms with Crippen molar-refractivity contribution >= 4 is 28.2 Å². The van der Waals surface area contributed by atoms with Gasteiger partial charge in [0.25, 0.3) is 0 Å². The Balaban J connectivity index is 1.66. The van der Waals surface area contributed by atoms with Crippen molar-refractivity contribution in [1.82, 2.24) is 15.3 Å². The minimum absolute atomic E-state index is 0.0377. The molecule has 0 bridgehead atoms. The summed E-state index contributed by atoms with van der Waals surface area (Å²) in [6.07, 6.45) is 3.23. The number of nitrogens with zero attached hydrogens (tertiary/aromatic N) is 3. The molecule has 1 atom stereocenters. The van der Waals surface area contributed by atoms with Crippen molar-refractivity contribution in [3.8, 4) is 0 Å². The number of carbonyl (C=O) groups is 1. The van der Waals surface area contributed by atoms with Crippen LogP contribution in [0.25, 0.3) is 0 Å². The van der Waals surface area contributed by atoms with Crippen molar-refractivity contribution in [3.63, 3.8) is 0 Å². The number of anilines is 2. The van der Waals surface area contributed by atoms with E-state index < -0.39 is 0 Å². The molecule has 2 aromatic rings. The van der Waals surface area contributed by atoms with Crippen LogP contribution in [-0.4, -0.2) is 21.2 Å². The van der Waals surface area contributed by atoms with Crippen LogP contribution in [0.4, 0.5) is 10.9 Å². The lowest BCUT2D eigenvalue weighted by atomic mass is 9.93. The first-order valence-electron chi connectivity index (χ1n) is 6.47. The number of fused-ring (bicyclic) bond motifs is 1. The second kappa shape index (κ2) is 5.20. The fourth-order valence-corrected chi connectivity index (χ4v) is 3.43. The molecule has 0 fully saturated rings. The lowest BCUT2D eigenvalue weighted by Gasteiger charge is -2.15. The van der Waals surface area contributed by atoms with Crippen molar-refractivity contribution in [2.45, 2.75) is 32.6 Å². The molecule has 106 valence electrons. The van der Waals surface area contributed by atoms with Gasteiger partial charge in [-0.05, 0) is 30.3 Å². The van der Waals surface area contributed by atoms with Gasteiger partial charge in [0.2, 0.25) is 5.91 Å². The van der Waals surface area contributed by atoms with Crippen molar-refractivity contribution in [2.24, 2.45) is 5.92 Å². The summed E-state index contributed by atoms with van der Waals surface area (Å²) in [7, 11) is 0. The molecule has 1 aliphatic rings. The van der Waals surface area contributed by atoms with Crippen LogP contribution in [0, 0.1) is 5.92 Å². The molecule has 7 nitrogen and oxygen atoms in total. The summed E-state index contributed by atoms with van der Waals surface area (Å²) in [5.74, 6) is 0.617. The first-order chi connectivity index (χ1) is 9.61. The highest BCUT2D eigenvalue weighted by atomic mass is 32.1. The van der Waals surface area contributed by atoms with Gasteiger partial charge in [0.05, 0.1) is 12.1 Å². The Labute approximate surface area is 119 Å². The maximum absolute atomic E-state index is 11.9. The molecular formula is C12H15N5O2S. The zero-order valence-electron chi connectivity index (χ0n) is 11.0. The van der Waals surface area contributed by atoms with Crippen molar-refractivity contribution in [3.05, 3.63) is 16.3 Å². The first-order valence-corrected chi connectivity index (χ1v) is 7.29. The van der Waals surface area contributed by atoms with E-state index in [1.54, 1.807) is 11.3 Å². The predicted octanol–water partition coefficient (Wildman–Crippen LogP) is 1.41. The van der Waals surface area contributed by atoms with Crippen LogP contribution in [0.5, 0.6) is 0 Å². The lowest BCUT2D eigenvalue weighted by Crippen LogP contribution is -2.15. The first kappa shape index (κ1) is 13.0. The Kier molecular flexibility index (Phi) is 3.39. The van der Waals surface area contributed by atoms with E-state index in [0.717, 1.165) is 25.0 Å². The van der Waals surface area contributed by atoms with Gasteiger partial charge >= 0.3 is 0 Å². The standard InChI is InChI=1S/C12H15N5O2S/c1-6-2-3-7-9(4-6)20-12(14-7)15-10(18)5-8-11(13)17-19-16-8/h6H,2-5H2,1H3,(H2,13,17)(H,14,15,18). The van der Waals surface area contributed by atoms with Crippen LogP contribution in [0.15, 0.2) is 4.63 Å². The highest BCUT2D eigenvalue weighted by Gasteiger charge is 2.21. The number of aromatic nitrogens is 3. The number of thiazole rings is 1. The number of carbonyl (C=O) groups excluding carboxylic acids is 1. The van der Waals surface area contributed by atoms with E-state index >= 15 is 0 Å². The van der Waals surface area contributed by atoms with Gasteiger partial charge in [0.1, 0.15) is 5.69 Å². The number of aryl methyl sites for hydroxylation is 1.